The maximum absolute atomic E-state index is 2.50. The summed E-state index contributed by atoms with van der Waals surface area (Å²) in [6.45, 7) is 4.73. The number of hydrogen-bond acceptors (Lipinski definition) is 0. The van der Waals surface area contributed by atoms with E-state index in [9.17, 15) is 0 Å². The van der Waals surface area contributed by atoms with Gasteiger partial charge in [0.05, 0.1) is 0 Å². The van der Waals surface area contributed by atoms with Gasteiger partial charge in [-0.05, 0) is 55.1 Å². The second-order valence-corrected chi connectivity index (χ2v) is 4.71. The third kappa shape index (κ3) is 1.72. The molecule has 0 aromatic carbocycles. The molecule has 1 saturated carbocycles. The van der Waals surface area contributed by atoms with E-state index in [2.05, 4.69) is 26.0 Å². The van der Waals surface area contributed by atoms with Crippen LogP contribution in [0.2, 0.25) is 0 Å². The number of fused-ring (bicyclic) bond motifs is 1. The summed E-state index contributed by atoms with van der Waals surface area (Å²) in [5.74, 6) is 1.69. The average molecular weight is 176 g/mol. The Morgan fingerprint density at radius 1 is 1.23 bits per heavy atom. The van der Waals surface area contributed by atoms with Gasteiger partial charge in [-0.3, -0.25) is 0 Å². The van der Waals surface area contributed by atoms with Crippen molar-refractivity contribution in [2.75, 3.05) is 0 Å². The summed E-state index contributed by atoms with van der Waals surface area (Å²) in [5.41, 5.74) is 3.38. The highest BCUT2D eigenvalue weighted by molar-refractivity contribution is 5.37. The van der Waals surface area contributed by atoms with Crippen molar-refractivity contribution >= 4 is 0 Å². The van der Waals surface area contributed by atoms with Gasteiger partial charge in [0.25, 0.3) is 0 Å². The predicted octanol–water partition coefficient (Wildman–Crippen LogP) is 4.09. The summed E-state index contributed by atoms with van der Waals surface area (Å²) in [6.07, 6.45) is 11.7. The Balaban J connectivity index is 2.21. The summed E-state index contributed by atoms with van der Waals surface area (Å²) in [5, 5.41) is 0. The largest absolute Gasteiger partial charge is 0.0807 e. The second kappa shape index (κ2) is 3.69. The highest BCUT2D eigenvalue weighted by atomic mass is 14.3. The van der Waals surface area contributed by atoms with Crippen LogP contribution in [-0.2, 0) is 0 Å². The van der Waals surface area contributed by atoms with E-state index in [4.69, 9.17) is 0 Å². The number of allylic oxidation sites excluding steroid dienone is 4. The van der Waals surface area contributed by atoms with Gasteiger partial charge >= 0.3 is 0 Å². The molecule has 1 atom stereocenters. The van der Waals surface area contributed by atoms with Crippen molar-refractivity contribution in [3.8, 4) is 0 Å². The Morgan fingerprint density at radius 2 is 2.00 bits per heavy atom. The monoisotopic (exact) mass is 176 g/mol. The Hall–Kier alpha value is -0.520. The fourth-order valence-corrected chi connectivity index (χ4v) is 2.74. The van der Waals surface area contributed by atoms with Crippen LogP contribution in [0.4, 0.5) is 0 Å². The second-order valence-electron chi connectivity index (χ2n) is 4.71. The van der Waals surface area contributed by atoms with E-state index < -0.39 is 0 Å². The number of hydrogen-bond donors (Lipinski definition) is 0. The molecule has 0 aromatic heterocycles. The highest BCUT2D eigenvalue weighted by Gasteiger charge is 2.25. The van der Waals surface area contributed by atoms with Gasteiger partial charge in [0, 0.05) is 0 Å². The molecule has 0 aliphatic heterocycles. The third-order valence-corrected chi connectivity index (χ3v) is 3.46. The molecule has 0 nitrogen and oxygen atoms in total. The van der Waals surface area contributed by atoms with Gasteiger partial charge in [-0.1, -0.05) is 26.0 Å². The van der Waals surface area contributed by atoms with E-state index in [0.29, 0.717) is 0 Å². The van der Waals surface area contributed by atoms with Gasteiger partial charge < -0.3 is 0 Å². The molecular weight excluding hydrogens is 156 g/mol. The molecule has 0 radical (unpaired) electrons. The smallest absolute Gasteiger partial charge is 0.0139 e. The zero-order valence-corrected chi connectivity index (χ0v) is 8.84. The summed E-state index contributed by atoms with van der Waals surface area (Å²) in [7, 11) is 0. The van der Waals surface area contributed by atoms with Gasteiger partial charge in [-0.15, -0.1) is 0 Å². The molecule has 72 valence electrons. The summed E-state index contributed by atoms with van der Waals surface area (Å²) < 4.78 is 0. The summed E-state index contributed by atoms with van der Waals surface area (Å²) in [6, 6.07) is 0. The first-order valence-corrected chi connectivity index (χ1v) is 5.68. The zero-order valence-electron chi connectivity index (χ0n) is 8.84. The molecular formula is C13H20. The lowest BCUT2D eigenvalue weighted by molar-refractivity contribution is 0.382. The van der Waals surface area contributed by atoms with Gasteiger partial charge in [-0.25, -0.2) is 0 Å². The normalized spacial score (nSPS) is 28.1. The van der Waals surface area contributed by atoms with E-state index in [1.807, 2.05) is 0 Å². The average Bonchev–Trinajstić information content (AvgIpc) is 2.17. The quantitative estimate of drug-likeness (QED) is 0.564. The van der Waals surface area contributed by atoms with Crippen molar-refractivity contribution in [2.24, 2.45) is 11.8 Å². The standard InChI is InChI=1S/C13H20/c1-10(2)12-9-5-7-11-6-3-4-8-13(11)12/h6,8,10,12H,3-5,7,9H2,1-2H3. The molecule has 0 N–H and O–H groups in total. The minimum atomic E-state index is 0.827. The van der Waals surface area contributed by atoms with Crippen LogP contribution in [0.15, 0.2) is 23.3 Å². The molecule has 0 heterocycles. The van der Waals surface area contributed by atoms with Gasteiger partial charge in [-0.2, -0.15) is 0 Å². The Kier molecular flexibility index (Phi) is 2.57. The van der Waals surface area contributed by atoms with Crippen LogP contribution in [0.25, 0.3) is 0 Å². The van der Waals surface area contributed by atoms with Crippen LogP contribution in [0.1, 0.15) is 46.0 Å². The summed E-state index contributed by atoms with van der Waals surface area (Å²) in [4.78, 5) is 0. The van der Waals surface area contributed by atoms with Crippen LogP contribution in [-0.4, -0.2) is 0 Å². The minimum Gasteiger partial charge on any atom is -0.0807 e. The Labute approximate surface area is 81.7 Å². The molecule has 0 heteroatoms. The molecule has 0 saturated heterocycles. The van der Waals surface area contributed by atoms with Gasteiger partial charge in [0.1, 0.15) is 0 Å². The third-order valence-electron chi connectivity index (χ3n) is 3.46. The van der Waals surface area contributed by atoms with E-state index in [0.717, 1.165) is 11.8 Å². The van der Waals surface area contributed by atoms with Crippen molar-refractivity contribution < 1.29 is 0 Å². The Bertz CT molecular complexity index is 243. The van der Waals surface area contributed by atoms with E-state index >= 15 is 0 Å². The molecule has 0 spiro atoms. The lowest BCUT2D eigenvalue weighted by atomic mass is 9.73. The fraction of sp³-hybridized carbons (Fsp3) is 0.692. The lowest BCUT2D eigenvalue weighted by Gasteiger charge is -2.32. The first kappa shape index (κ1) is 9.05. The topological polar surface area (TPSA) is 0 Å². The van der Waals surface area contributed by atoms with Gasteiger partial charge in [0.15, 0.2) is 0 Å². The van der Waals surface area contributed by atoms with Crippen molar-refractivity contribution in [3.63, 3.8) is 0 Å². The predicted molar refractivity (Wildman–Crippen MR) is 57.6 cm³/mol. The molecule has 13 heavy (non-hydrogen) atoms. The molecule has 0 amide bonds. The molecule has 0 bridgehead atoms. The molecule has 2 aliphatic carbocycles. The van der Waals surface area contributed by atoms with E-state index in [1.165, 1.54) is 32.1 Å². The van der Waals surface area contributed by atoms with E-state index in [1.54, 1.807) is 11.1 Å². The SMILES string of the molecule is CC(C)C1CCCC2=CCCC=C21. The lowest BCUT2D eigenvalue weighted by Crippen LogP contribution is -2.19. The molecule has 2 rings (SSSR count). The summed E-state index contributed by atoms with van der Waals surface area (Å²) >= 11 is 0. The zero-order chi connectivity index (χ0) is 9.26. The Morgan fingerprint density at radius 3 is 2.77 bits per heavy atom. The van der Waals surface area contributed by atoms with Crippen LogP contribution in [0.3, 0.4) is 0 Å². The van der Waals surface area contributed by atoms with Crippen LogP contribution >= 0.6 is 0 Å². The van der Waals surface area contributed by atoms with Crippen LogP contribution < -0.4 is 0 Å². The van der Waals surface area contributed by atoms with Crippen molar-refractivity contribution in [1.82, 2.24) is 0 Å². The van der Waals surface area contributed by atoms with Crippen LogP contribution in [0, 0.1) is 11.8 Å². The van der Waals surface area contributed by atoms with Crippen molar-refractivity contribution in [3.05, 3.63) is 23.3 Å². The maximum Gasteiger partial charge on any atom is -0.0139 e. The first-order chi connectivity index (χ1) is 6.29. The first-order valence-electron chi connectivity index (χ1n) is 5.68. The molecule has 1 unspecified atom stereocenters. The van der Waals surface area contributed by atoms with Crippen LogP contribution in [0.5, 0.6) is 0 Å². The van der Waals surface area contributed by atoms with Crippen molar-refractivity contribution in [1.29, 1.82) is 0 Å². The molecule has 2 aliphatic rings. The number of rotatable bonds is 1. The fourth-order valence-electron chi connectivity index (χ4n) is 2.74. The van der Waals surface area contributed by atoms with Gasteiger partial charge in [0.2, 0.25) is 0 Å². The van der Waals surface area contributed by atoms with Crippen molar-refractivity contribution in [2.45, 2.75) is 46.0 Å². The maximum atomic E-state index is 2.50. The minimum absolute atomic E-state index is 0.827. The molecule has 1 fully saturated rings. The highest BCUT2D eigenvalue weighted by Crippen LogP contribution is 2.40. The molecule has 0 aromatic rings. The van der Waals surface area contributed by atoms with E-state index in [-0.39, 0.29) is 0 Å².